The van der Waals surface area contributed by atoms with Crippen molar-refractivity contribution in [2.45, 2.75) is 37.9 Å². The van der Waals surface area contributed by atoms with Crippen molar-refractivity contribution in [1.82, 2.24) is 4.90 Å². The number of unbranched alkanes of at least 4 members (excludes halogenated alkanes) is 1. The van der Waals surface area contributed by atoms with Gasteiger partial charge in [-0.3, -0.25) is 0 Å². The summed E-state index contributed by atoms with van der Waals surface area (Å²) in [5.74, 6) is 0.404. The Morgan fingerprint density at radius 1 is 0.925 bits per heavy atom. The van der Waals surface area contributed by atoms with Crippen molar-refractivity contribution in [2.75, 3.05) is 33.4 Å². The Morgan fingerprint density at radius 3 is 2.23 bits per heavy atom. The first-order valence-electron chi connectivity index (χ1n) is 14.0. The van der Waals surface area contributed by atoms with Crippen LogP contribution in [0, 0.1) is 0 Å². The molecule has 1 saturated heterocycles. The molecule has 1 fully saturated rings. The molecule has 0 bridgehead atoms. The first-order chi connectivity index (χ1) is 19.6. The quantitative estimate of drug-likeness (QED) is 0.138. The average molecular weight is 542 g/mol. The van der Waals surface area contributed by atoms with E-state index in [1.807, 2.05) is 36.4 Å². The molecule has 4 rings (SSSR count). The summed E-state index contributed by atoms with van der Waals surface area (Å²) < 4.78 is 18.2. The number of carbonyl (C=O) groups is 1. The van der Waals surface area contributed by atoms with Gasteiger partial charge in [0.25, 0.3) is 0 Å². The van der Waals surface area contributed by atoms with Gasteiger partial charge in [-0.05, 0) is 61.1 Å². The average Bonchev–Trinajstić information content (AvgIpc) is 2.99. The highest BCUT2D eigenvalue weighted by molar-refractivity contribution is 5.80. The number of rotatable bonds is 14. The number of allylic oxidation sites excluding steroid dienone is 2. The summed E-state index contributed by atoms with van der Waals surface area (Å²) in [5, 5.41) is 8.67. The molecule has 1 aliphatic heterocycles. The lowest BCUT2D eigenvalue weighted by molar-refractivity contribution is -0.131. The number of hydrogen-bond donors (Lipinski definition) is 1. The molecule has 0 aliphatic carbocycles. The summed E-state index contributed by atoms with van der Waals surface area (Å²) in [7, 11) is 1.62. The van der Waals surface area contributed by atoms with Crippen LogP contribution in [0.25, 0.3) is 6.08 Å². The van der Waals surface area contributed by atoms with Gasteiger partial charge in [-0.2, -0.15) is 0 Å². The van der Waals surface area contributed by atoms with Crippen LogP contribution in [0.3, 0.4) is 0 Å². The molecule has 0 unspecified atom stereocenters. The van der Waals surface area contributed by atoms with Gasteiger partial charge in [0, 0.05) is 19.2 Å². The third-order valence-corrected chi connectivity index (χ3v) is 7.02. The van der Waals surface area contributed by atoms with E-state index in [9.17, 15) is 4.79 Å². The molecule has 1 heterocycles. The molecule has 0 spiro atoms. The largest absolute Gasteiger partial charge is 0.493 e. The molecule has 0 aromatic heterocycles. The molecule has 3 aromatic rings. The lowest BCUT2D eigenvalue weighted by atomic mass is 10.00. The van der Waals surface area contributed by atoms with Crippen LogP contribution < -0.4 is 9.47 Å². The van der Waals surface area contributed by atoms with E-state index in [0.29, 0.717) is 18.1 Å². The number of nitrogens with zero attached hydrogens (tertiary/aromatic N) is 1. The summed E-state index contributed by atoms with van der Waals surface area (Å²) in [6, 6.07) is 26.7. The summed E-state index contributed by atoms with van der Waals surface area (Å²) in [6.07, 6.45) is 10.4. The molecular weight excluding hydrogens is 502 g/mol. The third kappa shape index (κ3) is 9.11. The molecule has 0 saturated carbocycles. The Labute approximate surface area is 237 Å². The van der Waals surface area contributed by atoms with E-state index in [1.165, 1.54) is 17.2 Å². The minimum Gasteiger partial charge on any atom is -0.493 e. The van der Waals surface area contributed by atoms with Gasteiger partial charge < -0.3 is 24.2 Å². The van der Waals surface area contributed by atoms with Gasteiger partial charge >= 0.3 is 5.97 Å². The molecule has 1 aliphatic rings. The molecular formula is C34H39NO5. The number of hydrogen-bond acceptors (Lipinski definition) is 5. The maximum Gasteiger partial charge on any atom is 0.328 e. The number of likely N-dealkylation sites (tertiary alicyclic amines) is 1. The number of aliphatic carboxylic acids is 1. The van der Waals surface area contributed by atoms with Crippen LogP contribution in [0.15, 0.2) is 97.1 Å². The lowest BCUT2D eigenvalue weighted by Gasteiger charge is -2.34. The first kappa shape index (κ1) is 29.1. The van der Waals surface area contributed by atoms with Crippen LogP contribution in [-0.4, -0.2) is 55.4 Å². The minimum absolute atomic E-state index is 0.0352. The van der Waals surface area contributed by atoms with E-state index < -0.39 is 5.97 Å². The van der Waals surface area contributed by atoms with E-state index in [1.54, 1.807) is 13.2 Å². The number of ether oxygens (including phenoxy) is 3. The fraction of sp³-hybridized carbons (Fsp3) is 0.324. The smallest absolute Gasteiger partial charge is 0.328 e. The normalized spacial score (nSPS) is 14.8. The standard InChI is InChI=1S/C34H39NO5/c1-38-32-26-27(12-8-9-17-33(36)37)18-19-31(32)39-25-11-10-22-35-23-20-30(21-24-35)40-34(28-13-4-2-5-14-28)29-15-6-3-7-16-29/h2-9,12-19,26,30,34H,10-11,20-25H2,1H3,(H,36,37). The maximum atomic E-state index is 10.6. The van der Waals surface area contributed by atoms with Crippen molar-refractivity contribution in [3.05, 3.63) is 114 Å². The minimum atomic E-state index is -0.972. The molecule has 6 nitrogen and oxygen atoms in total. The van der Waals surface area contributed by atoms with Gasteiger partial charge in [0.2, 0.25) is 0 Å². The Bertz CT molecular complexity index is 1190. The van der Waals surface area contributed by atoms with Gasteiger partial charge in [0.1, 0.15) is 6.10 Å². The molecule has 210 valence electrons. The van der Waals surface area contributed by atoms with Crippen LogP contribution in [0.2, 0.25) is 0 Å². The monoisotopic (exact) mass is 541 g/mol. The van der Waals surface area contributed by atoms with E-state index in [4.69, 9.17) is 19.3 Å². The van der Waals surface area contributed by atoms with Gasteiger partial charge in [-0.1, -0.05) is 85.0 Å². The summed E-state index contributed by atoms with van der Waals surface area (Å²) in [6.45, 7) is 3.78. The Balaban J connectivity index is 1.18. The van der Waals surface area contributed by atoms with Gasteiger partial charge in [-0.15, -0.1) is 0 Å². The van der Waals surface area contributed by atoms with Crippen molar-refractivity contribution in [3.8, 4) is 11.5 Å². The SMILES string of the molecule is COc1cc(C=CC=CC(=O)O)ccc1OCCCCN1CCC(OC(c2ccccc2)c2ccccc2)CC1. The highest BCUT2D eigenvalue weighted by atomic mass is 16.5. The van der Waals surface area contributed by atoms with Gasteiger partial charge in [-0.25, -0.2) is 4.79 Å². The van der Waals surface area contributed by atoms with Crippen LogP contribution in [0.5, 0.6) is 11.5 Å². The number of carboxylic acid groups (broad SMARTS) is 1. The second kappa shape index (κ2) is 15.7. The Kier molecular flexibility index (Phi) is 11.4. The molecule has 40 heavy (non-hydrogen) atoms. The highest BCUT2D eigenvalue weighted by Gasteiger charge is 2.24. The zero-order valence-corrected chi connectivity index (χ0v) is 23.2. The van der Waals surface area contributed by atoms with E-state index in [-0.39, 0.29) is 12.2 Å². The Hall–Kier alpha value is -3.87. The van der Waals surface area contributed by atoms with Crippen LogP contribution in [-0.2, 0) is 9.53 Å². The lowest BCUT2D eigenvalue weighted by Crippen LogP contribution is -2.38. The molecule has 1 N–H and O–H groups in total. The molecule has 3 aromatic carbocycles. The molecule has 0 radical (unpaired) electrons. The van der Waals surface area contributed by atoms with Crippen LogP contribution in [0.4, 0.5) is 0 Å². The summed E-state index contributed by atoms with van der Waals surface area (Å²) in [5.41, 5.74) is 3.31. The van der Waals surface area contributed by atoms with Crippen molar-refractivity contribution < 1.29 is 24.1 Å². The van der Waals surface area contributed by atoms with Crippen molar-refractivity contribution in [2.24, 2.45) is 0 Å². The second-order valence-electron chi connectivity index (χ2n) is 9.90. The zero-order chi connectivity index (χ0) is 28.0. The number of piperidine rings is 1. The van der Waals surface area contributed by atoms with Crippen molar-refractivity contribution >= 4 is 12.0 Å². The Morgan fingerprint density at radius 2 is 1.60 bits per heavy atom. The maximum absolute atomic E-state index is 10.6. The molecule has 0 atom stereocenters. The predicted octanol–water partition coefficient (Wildman–Crippen LogP) is 6.78. The number of methoxy groups -OCH3 is 1. The third-order valence-electron chi connectivity index (χ3n) is 7.02. The van der Waals surface area contributed by atoms with Crippen molar-refractivity contribution in [1.29, 1.82) is 0 Å². The number of benzene rings is 3. The number of carboxylic acids is 1. The summed E-state index contributed by atoms with van der Waals surface area (Å²) >= 11 is 0. The first-order valence-corrected chi connectivity index (χ1v) is 14.0. The fourth-order valence-electron chi connectivity index (χ4n) is 4.90. The predicted molar refractivity (Wildman–Crippen MR) is 159 cm³/mol. The molecule has 0 amide bonds. The van der Waals surface area contributed by atoms with Crippen LogP contribution in [0.1, 0.15) is 48.5 Å². The van der Waals surface area contributed by atoms with Gasteiger partial charge in [0.05, 0.1) is 19.8 Å². The highest BCUT2D eigenvalue weighted by Crippen LogP contribution is 2.31. The zero-order valence-electron chi connectivity index (χ0n) is 23.2. The van der Waals surface area contributed by atoms with E-state index in [0.717, 1.165) is 57.0 Å². The van der Waals surface area contributed by atoms with E-state index >= 15 is 0 Å². The van der Waals surface area contributed by atoms with Crippen molar-refractivity contribution in [3.63, 3.8) is 0 Å². The van der Waals surface area contributed by atoms with E-state index in [2.05, 4.69) is 53.4 Å². The summed E-state index contributed by atoms with van der Waals surface area (Å²) in [4.78, 5) is 13.1. The topological polar surface area (TPSA) is 68.2 Å². The fourth-order valence-corrected chi connectivity index (χ4v) is 4.90. The van der Waals surface area contributed by atoms with Crippen LogP contribution >= 0.6 is 0 Å². The molecule has 6 heteroatoms. The van der Waals surface area contributed by atoms with Gasteiger partial charge in [0.15, 0.2) is 11.5 Å². The second-order valence-corrected chi connectivity index (χ2v) is 9.90.